The summed E-state index contributed by atoms with van der Waals surface area (Å²) in [5.41, 5.74) is 0. The lowest BCUT2D eigenvalue weighted by molar-refractivity contribution is -0.334. The summed E-state index contributed by atoms with van der Waals surface area (Å²) in [4.78, 5) is 3.89. The molecule has 1 saturated heterocycles. The van der Waals surface area contributed by atoms with Crippen LogP contribution in [0.2, 0.25) is 0 Å². The van der Waals surface area contributed by atoms with E-state index < -0.39 is 0 Å². The molecule has 1 N–H and O–H groups in total. The van der Waals surface area contributed by atoms with Crippen LogP contribution in [-0.2, 0) is 9.62 Å². The normalized spacial score (nSPS) is 31.3. The van der Waals surface area contributed by atoms with Crippen LogP contribution in [0.1, 0.15) is 12.8 Å². The molecule has 0 aromatic carbocycles. The van der Waals surface area contributed by atoms with Crippen LogP contribution < -0.4 is 0 Å². The van der Waals surface area contributed by atoms with Gasteiger partial charge in [0.1, 0.15) is 0 Å². The predicted octanol–water partition coefficient (Wildman–Crippen LogP) is 0.613. The third kappa shape index (κ3) is 1.12. The molecule has 0 aromatic rings. The van der Waals surface area contributed by atoms with Gasteiger partial charge in [0, 0.05) is 6.42 Å². The van der Waals surface area contributed by atoms with Crippen molar-refractivity contribution in [2.45, 2.75) is 19.1 Å². The molecule has 1 heterocycles. The van der Waals surface area contributed by atoms with Crippen molar-refractivity contribution >= 4 is 0 Å². The Kier molecular flexibility index (Phi) is 1.62. The first-order valence-electron chi connectivity index (χ1n) is 2.35. The highest BCUT2D eigenvalue weighted by Gasteiger charge is 2.14. The lowest BCUT2D eigenvalue weighted by Gasteiger charge is -2.00. The van der Waals surface area contributed by atoms with Gasteiger partial charge in [-0.15, -0.1) is 0 Å². The van der Waals surface area contributed by atoms with Crippen molar-refractivity contribution in [3.8, 4) is 0 Å². The first kappa shape index (κ1) is 5.03. The predicted molar refractivity (Wildman–Crippen MR) is 22.7 cm³/mol. The summed E-state index contributed by atoms with van der Waals surface area (Å²) in [5.74, 6) is 0. The van der Waals surface area contributed by atoms with Gasteiger partial charge in [0.2, 0.25) is 0 Å². The molecule has 1 rings (SSSR count). The van der Waals surface area contributed by atoms with Gasteiger partial charge in [0.15, 0.2) is 6.29 Å². The third-order valence-corrected chi connectivity index (χ3v) is 1.01. The zero-order valence-electron chi connectivity index (χ0n) is 3.96. The molecule has 0 amide bonds. The molecule has 1 atom stereocenters. The van der Waals surface area contributed by atoms with E-state index >= 15 is 0 Å². The van der Waals surface area contributed by atoms with Crippen LogP contribution in [0.5, 0.6) is 0 Å². The molecule has 1 aliphatic heterocycles. The Balaban J connectivity index is 2.14. The highest BCUT2D eigenvalue weighted by Crippen LogP contribution is 2.10. The van der Waals surface area contributed by atoms with Crippen LogP contribution in [0.25, 0.3) is 0 Å². The van der Waals surface area contributed by atoms with Gasteiger partial charge in [-0.05, 0) is 6.42 Å². The second-order valence-corrected chi connectivity index (χ2v) is 1.55. The minimum Gasteiger partial charge on any atom is -0.350 e. The first-order chi connectivity index (χ1) is 3.43. The summed E-state index contributed by atoms with van der Waals surface area (Å²) in [6.07, 6.45) is 1.46. The van der Waals surface area contributed by atoms with Gasteiger partial charge in [-0.25, -0.2) is 10.1 Å². The lowest BCUT2D eigenvalue weighted by Crippen LogP contribution is -2.06. The Morgan fingerprint density at radius 1 is 1.71 bits per heavy atom. The van der Waals surface area contributed by atoms with E-state index in [4.69, 9.17) is 9.99 Å². The van der Waals surface area contributed by atoms with Crippen LogP contribution in [0.4, 0.5) is 0 Å². The minimum atomic E-state index is -0.347. The van der Waals surface area contributed by atoms with Crippen molar-refractivity contribution in [2.75, 3.05) is 6.61 Å². The van der Waals surface area contributed by atoms with E-state index in [1.165, 1.54) is 0 Å². The maximum absolute atomic E-state index is 7.94. The Morgan fingerprint density at radius 3 is 2.86 bits per heavy atom. The second kappa shape index (κ2) is 2.26. The lowest BCUT2D eigenvalue weighted by atomic mass is 10.4. The molecule has 3 nitrogen and oxygen atoms in total. The monoisotopic (exact) mass is 104 g/mol. The fraction of sp³-hybridized carbons (Fsp3) is 1.00. The van der Waals surface area contributed by atoms with Gasteiger partial charge in [0.25, 0.3) is 0 Å². The quantitative estimate of drug-likeness (QED) is 0.391. The topological polar surface area (TPSA) is 38.7 Å². The molecule has 0 spiro atoms. The van der Waals surface area contributed by atoms with Gasteiger partial charge in [-0.3, -0.25) is 0 Å². The zero-order valence-corrected chi connectivity index (χ0v) is 3.96. The van der Waals surface area contributed by atoms with Gasteiger partial charge in [-0.1, -0.05) is 0 Å². The van der Waals surface area contributed by atoms with Gasteiger partial charge < -0.3 is 4.74 Å². The molecular weight excluding hydrogens is 96.0 g/mol. The molecule has 0 aliphatic carbocycles. The smallest absolute Gasteiger partial charge is 0.190 e. The van der Waals surface area contributed by atoms with Crippen LogP contribution in [0, 0.1) is 0 Å². The first-order valence-corrected chi connectivity index (χ1v) is 2.35. The van der Waals surface area contributed by atoms with Crippen molar-refractivity contribution in [1.29, 1.82) is 0 Å². The standard InChI is InChI=1S/C4H8O3/c5-7-4-2-1-3-6-4/h4-5H,1-3H2/t4-/m0/s1. The van der Waals surface area contributed by atoms with E-state index in [-0.39, 0.29) is 6.29 Å². The van der Waals surface area contributed by atoms with Crippen LogP contribution in [-0.4, -0.2) is 18.2 Å². The highest BCUT2D eigenvalue weighted by atomic mass is 17.1. The molecule has 3 heteroatoms. The van der Waals surface area contributed by atoms with Crippen LogP contribution in [0.15, 0.2) is 0 Å². The van der Waals surface area contributed by atoms with Gasteiger partial charge in [0.05, 0.1) is 6.61 Å². The maximum atomic E-state index is 7.94. The summed E-state index contributed by atoms with van der Waals surface area (Å²) in [5, 5.41) is 7.94. The summed E-state index contributed by atoms with van der Waals surface area (Å²) < 4.78 is 4.83. The van der Waals surface area contributed by atoms with E-state index in [1.54, 1.807) is 0 Å². The van der Waals surface area contributed by atoms with Crippen molar-refractivity contribution in [1.82, 2.24) is 0 Å². The molecule has 7 heavy (non-hydrogen) atoms. The fourth-order valence-electron chi connectivity index (χ4n) is 0.631. The fourth-order valence-corrected chi connectivity index (χ4v) is 0.631. The molecule has 0 saturated carbocycles. The van der Waals surface area contributed by atoms with Crippen molar-refractivity contribution in [3.05, 3.63) is 0 Å². The second-order valence-electron chi connectivity index (χ2n) is 1.55. The highest BCUT2D eigenvalue weighted by molar-refractivity contribution is 4.51. The van der Waals surface area contributed by atoms with E-state index in [0.717, 1.165) is 12.8 Å². The van der Waals surface area contributed by atoms with Crippen molar-refractivity contribution < 1.29 is 14.9 Å². The molecule has 1 aliphatic rings. The van der Waals surface area contributed by atoms with Gasteiger partial charge in [-0.2, -0.15) is 0 Å². The summed E-state index contributed by atoms with van der Waals surface area (Å²) >= 11 is 0. The van der Waals surface area contributed by atoms with E-state index in [9.17, 15) is 0 Å². The van der Waals surface area contributed by atoms with E-state index in [1.807, 2.05) is 0 Å². The number of rotatable bonds is 1. The zero-order chi connectivity index (χ0) is 5.11. The number of hydrogen-bond acceptors (Lipinski definition) is 3. The summed E-state index contributed by atoms with van der Waals surface area (Å²) in [7, 11) is 0. The maximum Gasteiger partial charge on any atom is 0.190 e. The SMILES string of the molecule is OO[C@H]1CCCO1. The number of ether oxygens (including phenoxy) is 1. The Bertz CT molecular complexity index is 48.9. The number of hydrogen-bond donors (Lipinski definition) is 1. The van der Waals surface area contributed by atoms with Crippen LogP contribution in [0.3, 0.4) is 0 Å². The Labute approximate surface area is 41.8 Å². The summed E-state index contributed by atoms with van der Waals surface area (Å²) in [6.45, 7) is 0.714. The molecule has 42 valence electrons. The molecule has 1 fully saturated rings. The molecule has 0 aromatic heterocycles. The largest absolute Gasteiger partial charge is 0.350 e. The average Bonchev–Trinajstić information content (AvgIpc) is 2.14. The van der Waals surface area contributed by atoms with E-state index in [2.05, 4.69) is 4.89 Å². The van der Waals surface area contributed by atoms with E-state index in [0.29, 0.717) is 6.61 Å². The molecular formula is C4H8O3. The molecule has 0 unspecified atom stereocenters. The molecule has 0 bridgehead atoms. The summed E-state index contributed by atoms with van der Waals surface area (Å²) in [6, 6.07) is 0. The Hall–Kier alpha value is -0.120. The average molecular weight is 104 g/mol. The third-order valence-electron chi connectivity index (χ3n) is 1.01. The van der Waals surface area contributed by atoms with Crippen molar-refractivity contribution in [3.63, 3.8) is 0 Å². The molecule has 0 radical (unpaired) electrons. The van der Waals surface area contributed by atoms with Gasteiger partial charge >= 0.3 is 0 Å². The van der Waals surface area contributed by atoms with Crippen LogP contribution >= 0.6 is 0 Å². The van der Waals surface area contributed by atoms with Crippen molar-refractivity contribution in [2.24, 2.45) is 0 Å². The Morgan fingerprint density at radius 2 is 2.57 bits per heavy atom. The minimum absolute atomic E-state index is 0.347.